The molecular formula is C20H19N3O2. The third-order valence-corrected chi connectivity index (χ3v) is 3.73. The molecule has 1 amide bonds. The van der Waals surface area contributed by atoms with Gasteiger partial charge < -0.3 is 9.64 Å². The molecule has 0 aliphatic carbocycles. The number of nitriles is 2. The molecule has 1 atom stereocenters. The fourth-order valence-corrected chi connectivity index (χ4v) is 2.39. The topological polar surface area (TPSA) is 77.1 Å². The molecule has 2 aromatic rings. The number of hydrogen-bond acceptors (Lipinski definition) is 4. The zero-order valence-corrected chi connectivity index (χ0v) is 14.3. The van der Waals surface area contributed by atoms with E-state index in [-0.39, 0.29) is 18.4 Å². The maximum Gasteiger partial charge on any atom is 0.253 e. The van der Waals surface area contributed by atoms with Crippen molar-refractivity contribution in [3.05, 3.63) is 65.2 Å². The third-order valence-electron chi connectivity index (χ3n) is 3.73. The summed E-state index contributed by atoms with van der Waals surface area (Å²) in [6.45, 7) is 2.40. The van der Waals surface area contributed by atoms with Crippen molar-refractivity contribution in [2.24, 2.45) is 5.92 Å². The van der Waals surface area contributed by atoms with Crippen molar-refractivity contribution in [3.63, 3.8) is 0 Å². The van der Waals surface area contributed by atoms with E-state index in [1.54, 1.807) is 50.4 Å². The Morgan fingerprint density at radius 2 is 1.96 bits per heavy atom. The van der Waals surface area contributed by atoms with E-state index in [9.17, 15) is 4.79 Å². The summed E-state index contributed by atoms with van der Waals surface area (Å²) >= 11 is 0. The van der Waals surface area contributed by atoms with Crippen LogP contribution in [0.5, 0.6) is 5.75 Å². The number of nitrogens with zero attached hydrogens (tertiary/aromatic N) is 3. The van der Waals surface area contributed by atoms with Gasteiger partial charge in [0, 0.05) is 24.7 Å². The van der Waals surface area contributed by atoms with Crippen LogP contribution in [-0.2, 0) is 6.61 Å². The van der Waals surface area contributed by atoms with E-state index in [1.165, 1.54) is 4.90 Å². The van der Waals surface area contributed by atoms with E-state index < -0.39 is 0 Å². The van der Waals surface area contributed by atoms with Crippen LogP contribution in [0.25, 0.3) is 0 Å². The lowest BCUT2D eigenvalue weighted by atomic mass is 10.1. The molecule has 0 saturated heterocycles. The van der Waals surface area contributed by atoms with Gasteiger partial charge in [0.05, 0.1) is 23.6 Å². The highest BCUT2D eigenvalue weighted by molar-refractivity contribution is 5.94. The smallest absolute Gasteiger partial charge is 0.253 e. The number of carbonyl (C=O) groups excluding carboxylic acids is 1. The molecule has 25 heavy (non-hydrogen) atoms. The van der Waals surface area contributed by atoms with Crippen molar-refractivity contribution < 1.29 is 9.53 Å². The highest BCUT2D eigenvalue weighted by Gasteiger charge is 2.15. The standard InChI is InChI=1S/C20H19N3O2/c1-15(11-21)13-23(2)20(24)16-8-5-9-19(10-16)25-14-18-7-4-3-6-17(18)12-22/h3-10,15H,13-14H2,1-2H3/t15-/m1/s1. The Morgan fingerprint density at radius 1 is 1.20 bits per heavy atom. The van der Waals surface area contributed by atoms with E-state index in [0.29, 0.717) is 23.4 Å². The van der Waals surface area contributed by atoms with Crippen molar-refractivity contribution in [1.82, 2.24) is 4.90 Å². The molecule has 5 heteroatoms. The number of rotatable bonds is 6. The summed E-state index contributed by atoms with van der Waals surface area (Å²) in [4.78, 5) is 14.0. The Bertz CT molecular complexity index is 833. The zero-order valence-electron chi connectivity index (χ0n) is 14.3. The minimum Gasteiger partial charge on any atom is -0.489 e. The Hall–Kier alpha value is -3.31. The third kappa shape index (κ3) is 4.83. The first-order chi connectivity index (χ1) is 12.0. The first-order valence-electron chi connectivity index (χ1n) is 7.91. The van der Waals surface area contributed by atoms with Gasteiger partial charge in [-0.1, -0.05) is 24.3 Å². The van der Waals surface area contributed by atoms with Crippen molar-refractivity contribution in [2.45, 2.75) is 13.5 Å². The molecule has 0 unspecified atom stereocenters. The first kappa shape index (κ1) is 18.0. The molecule has 126 valence electrons. The number of ether oxygens (including phenoxy) is 1. The minimum atomic E-state index is -0.226. The van der Waals surface area contributed by atoms with Gasteiger partial charge in [-0.25, -0.2) is 0 Å². The van der Waals surface area contributed by atoms with Crippen LogP contribution in [0.15, 0.2) is 48.5 Å². The summed E-state index contributed by atoms with van der Waals surface area (Å²) in [5, 5.41) is 18.0. The van der Waals surface area contributed by atoms with Crippen LogP contribution in [0, 0.1) is 28.6 Å². The van der Waals surface area contributed by atoms with Gasteiger partial charge in [-0.3, -0.25) is 4.79 Å². The van der Waals surface area contributed by atoms with Gasteiger partial charge in [0.15, 0.2) is 0 Å². The van der Waals surface area contributed by atoms with Crippen molar-refractivity contribution in [2.75, 3.05) is 13.6 Å². The van der Waals surface area contributed by atoms with Gasteiger partial charge in [-0.15, -0.1) is 0 Å². The average molecular weight is 333 g/mol. The van der Waals surface area contributed by atoms with Crippen molar-refractivity contribution in [3.8, 4) is 17.9 Å². The zero-order chi connectivity index (χ0) is 18.2. The van der Waals surface area contributed by atoms with Gasteiger partial charge >= 0.3 is 0 Å². The normalized spacial score (nSPS) is 11.0. The van der Waals surface area contributed by atoms with Crippen LogP contribution in [-0.4, -0.2) is 24.4 Å². The van der Waals surface area contributed by atoms with Gasteiger partial charge in [-0.05, 0) is 31.2 Å². The van der Waals surface area contributed by atoms with Crippen LogP contribution >= 0.6 is 0 Å². The number of carbonyl (C=O) groups is 1. The maximum absolute atomic E-state index is 12.4. The molecule has 0 N–H and O–H groups in total. The van der Waals surface area contributed by atoms with Crippen molar-refractivity contribution >= 4 is 5.91 Å². The molecule has 5 nitrogen and oxygen atoms in total. The summed E-state index contributed by atoms with van der Waals surface area (Å²) in [6.07, 6.45) is 0. The van der Waals surface area contributed by atoms with E-state index in [4.69, 9.17) is 15.3 Å². The van der Waals surface area contributed by atoms with Crippen LogP contribution in [0.1, 0.15) is 28.4 Å². The van der Waals surface area contributed by atoms with E-state index >= 15 is 0 Å². The molecule has 0 heterocycles. The lowest BCUT2D eigenvalue weighted by Crippen LogP contribution is -2.30. The lowest BCUT2D eigenvalue weighted by Gasteiger charge is -2.18. The quantitative estimate of drug-likeness (QED) is 0.812. The van der Waals surface area contributed by atoms with Gasteiger partial charge in [0.25, 0.3) is 5.91 Å². The summed E-state index contributed by atoms with van der Waals surface area (Å²) in [6, 6.07) is 18.4. The largest absolute Gasteiger partial charge is 0.489 e. The monoisotopic (exact) mass is 333 g/mol. The summed E-state index contributed by atoms with van der Waals surface area (Å²) in [5.41, 5.74) is 1.86. The molecule has 2 rings (SSSR count). The molecule has 2 aromatic carbocycles. The van der Waals surface area contributed by atoms with Crippen LogP contribution in [0.4, 0.5) is 0 Å². The van der Waals surface area contributed by atoms with E-state index in [0.717, 1.165) is 5.56 Å². The highest BCUT2D eigenvalue weighted by atomic mass is 16.5. The molecular weight excluding hydrogens is 314 g/mol. The predicted molar refractivity (Wildman–Crippen MR) is 93.7 cm³/mol. The minimum absolute atomic E-state index is 0.162. The summed E-state index contributed by atoms with van der Waals surface area (Å²) in [7, 11) is 1.67. The highest BCUT2D eigenvalue weighted by Crippen LogP contribution is 2.18. The second-order valence-electron chi connectivity index (χ2n) is 5.80. The fraction of sp³-hybridized carbons (Fsp3) is 0.250. The average Bonchev–Trinajstić information content (AvgIpc) is 2.65. The SMILES string of the molecule is C[C@H](C#N)CN(C)C(=O)c1cccc(OCc2ccccc2C#N)c1. The second-order valence-corrected chi connectivity index (χ2v) is 5.80. The van der Waals surface area contributed by atoms with Crippen LogP contribution < -0.4 is 4.74 Å². The predicted octanol–water partition coefficient (Wildman–Crippen LogP) is 3.37. The van der Waals surface area contributed by atoms with Crippen LogP contribution in [0.3, 0.4) is 0 Å². The Labute approximate surface area is 147 Å². The number of hydrogen-bond donors (Lipinski definition) is 0. The Kier molecular flexibility index (Phi) is 6.14. The fourth-order valence-electron chi connectivity index (χ4n) is 2.39. The molecule has 0 bridgehead atoms. The molecule has 0 fully saturated rings. The Balaban J connectivity index is 2.07. The molecule has 0 radical (unpaired) electrons. The molecule has 0 spiro atoms. The van der Waals surface area contributed by atoms with Gasteiger partial charge in [-0.2, -0.15) is 10.5 Å². The van der Waals surface area contributed by atoms with Crippen molar-refractivity contribution in [1.29, 1.82) is 10.5 Å². The molecule has 0 aliphatic heterocycles. The first-order valence-corrected chi connectivity index (χ1v) is 7.91. The van der Waals surface area contributed by atoms with Gasteiger partial charge in [0.1, 0.15) is 12.4 Å². The summed E-state index contributed by atoms with van der Waals surface area (Å²) < 4.78 is 5.73. The molecule has 0 saturated carbocycles. The maximum atomic E-state index is 12.4. The van der Waals surface area contributed by atoms with E-state index in [1.807, 2.05) is 12.1 Å². The van der Waals surface area contributed by atoms with E-state index in [2.05, 4.69) is 12.1 Å². The molecule has 0 aromatic heterocycles. The van der Waals surface area contributed by atoms with Crippen LogP contribution in [0.2, 0.25) is 0 Å². The Morgan fingerprint density at radius 3 is 2.68 bits per heavy atom. The lowest BCUT2D eigenvalue weighted by molar-refractivity contribution is 0.0784. The second kappa shape index (κ2) is 8.52. The molecule has 0 aliphatic rings. The number of amides is 1. The number of benzene rings is 2. The van der Waals surface area contributed by atoms with Gasteiger partial charge in [0.2, 0.25) is 0 Å². The summed E-state index contributed by atoms with van der Waals surface area (Å²) in [5.74, 6) is 0.168.